The predicted molar refractivity (Wildman–Crippen MR) is 89.0 cm³/mol. The molecule has 2 N–H and O–H groups in total. The van der Waals surface area contributed by atoms with Gasteiger partial charge >= 0.3 is 0 Å². The van der Waals surface area contributed by atoms with E-state index in [0.717, 1.165) is 29.2 Å². The van der Waals surface area contributed by atoms with Crippen LogP contribution in [-0.4, -0.2) is 16.9 Å². The van der Waals surface area contributed by atoms with E-state index in [0.29, 0.717) is 4.99 Å². The van der Waals surface area contributed by atoms with Crippen LogP contribution in [0.4, 0.5) is 0 Å². The van der Waals surface area contributed by atoms with E-state index in [1.54, 1.807) is 0 Å². The Kier molecular flexibility index (Phi) is 5.12. The van der Waals surface area contributed by atoms with Crippen molar-refractivity contribution in [3.8, 4) is 0 Å². The van der Waals surface area contributed by atoms with E-state index in [2.05, 4.69) is 24.1 Å². The summed E-state index contributed by atoms with van der Waals surface area (Å²) in [7, 11) is 2.07. The number of benzene rings is 2. The lowest BCUT2D eigenvalue weighted by Crippen LogP contribution is -2.20. The Hall–Kier alpha value is -1.42. The number of hydrogen-bond acceptors (Lipinski definition) is 2. The van der Waals surface area contributed by atoms with E-state index in [9.17, 15) is 0 Å². The Morgan fingerprint density at radius 1 is 1.15 bits per heavy atom. The smallest absolute Gasteiger partial charge is 0.104 e. The van der Waals surface area contributed by atoms with Gasteiger partial charge in [0.15, 0.2) is 0 Å². The van der Waals surface area contributed by atoms with Crippen LogP contribution in [0.15, 0.2) is 48.5 Å². The lowest BCUT2D eigenvalue weighted by Gasteiger charge is -2.18. The average Bonchev–Trinajstić information content (AvgIpc) is 2.38. The molecule has 0 saturated heterocycles. The highest BCUT2D eigenvalue weighted by Crippen LogP contribution is 2.15. The van der Waals surface area contributed by atoms with Crippen LogP contribution in [0.3, 0.4) is 0 Å². The Morgan fingerprint density at radius 3 is 2.60 bits per heavy atom. The van der Waals surface area contributed by atoms with Crippen LogP contribution in [0, 0.1) is 0 Å². The number of hydrogen-bond donors (Lipinski definition) is 1. The molecule has 0 atom stereocenters. The first kappa shape index (κ1) is 15.0. The molecule has 2 nitrogen and oxygen atoms in total. The van der Waals surface area contributed by atoms with Crippen molar-refractivity contribution < 1.29 is 0 Å². The van der Waals surface area contributed by atoms with Gasteiger partial charge in [-0.2, -0.15) is 0 Å². The number of rotatable bonds is 5. The van der Waals surface area contributed by atoms with Crippen molar-refractivity contribution in [1.82, 2.24) is 4.90 Å². The van der Waals surface area contributed by atoms with Gasteiger partial charge in [-0.1, -0.05) is 60.2 Å². The summed E-state index contributed by atoms with van der Waals surface area (Å²) in [6.45, 7) is 1.62. The lowest BCUT2D eigenvalue weighted by molar-refractivity contribution is 0.319. The van der Waals surface area contributed by atoms with Gasteiger partial charge in [-0.25, -0.2) is 0 Å². The number of halogens is 1. The van der Waals surface area contributed by atoms with Crippen molar-refractivity contribution in [1.29, 1.82) is 0 Å². The van der Waals surface area contributed by atoms with Gasteiger partial charge in [-0.3, -0.25) is 4.90 Å². The van der Waals surface area contributed by atoms with Crippen LogP contribution in [0.2, 0.25) is 5.02 Å². The van der Waals surface area contributed by atoms with Crippen molar-refractivity contribution in [2.45, 2.75) is 13.1 Å². The summed E-state index contributed by atoms with van der Waals surface area (Å²) in [5.41, 5.74) is 9.03. The SMILES string of the molecule is CN(Cc1cccc(Cl)c1)Cc1ccccc1C(N)=S. The van der Waals surface area contributed by atoms with Crippen LogP contribution >= 0.6 is 23.8 Å². The molecule has 2 aromatic rings. The largest absolute Gasteiger partial charge is 0.389 e. The van der Waals surface area contributed by atoms with Crippen LogP contribution in [0.5, 0.6) is 0 Å². The standard InChI is InChI=1S/C16H17ClN2S/c1-19(10-12-5-4-7-14(17)9-12)11-13-6-2-3-8-15(13)16(18)20/h2-9H,10-11H2,1H3,(H2,18,20). The summed E-state index contributed by atoms with van der Waals surface area (Å²) in [5, 5.41) is 0.763. The fraction of sp³-hybridized carbons (Fsp3) is 0.188. The molecule has 0 spiro atoms. The van der Waals surface area contributed by atoms with E-state index in [-0.39, 0.29) is 0 Å². The molecule has 0 aromatic heterocycles. The molecule has 20 heavy (non-hydrogen) atoms. The van der Waals surface area contributed by atoms with Crippen molar-refractivity contribution in [2.24, 2.45) is 5.73 Å². The van der Waals surface area contributed by atoms with E-state index >= 15 is 0 Å². The van der Waals surface area contributed by atoms with E-state index in [1.807, 2.05) is 36.4 Å². The third-order valence-corrected chi connectivity index (χ3v) is 3.52. The Bertz CT molecular complexity index is 613. The van der Waals surface area contributed by atoms with Gasteiger partial charge in [-0.05, 0) is 30.3 Å². The van der Waals surface area contributed by atoms with Gasteiger partial charge in [0, 0.05) is 23.7 Å². The zero-order valence-corrected chi connectivity index (χ0v) is 12.9. The van der Waals surface area contributed by atoms with E-state index in [1.165, 1.54) is 5.56 Å². The molecule has 0 fully saturated rings. The van der Waals surface area contributed by atoms with Gasteiger partial charge in [0.05, 0.1) is 0 Å². The van der Waals surface area contributed by atoms with Crippen LogP contribution in [0.25, 0.3) is 0 Å². The molecule has 0 aliphatic carbocycles. The number of nitrogens with two attached hydrogens (primary N) is 1. The minimum absolute atomic E-state index is 0.441. The summed E-state index contributed by atoms with van der Waals surface area (Å²) in [6.07, 6.45) is 0. The molecule has 0 aliphatic rings. The third kappa shape index (κ3) is 4.04. The first-order valence-electron chi connectivity index (χ1n) is 6.37. The second-order valence-electron chi connectivity index (χ2n) is 4.82. The molecule has 2 aromatic carbocycles. The van der Waals surface area contributed by atoms with Crippen LogP contribution < -0.4 is 5.73 Å². The number of thiocarbonyl (C=S) groups is 1. The Morgan fingerprint density at radius 2 is 1.90 bits per heavy atom. The molecule has 0 saturated carbocycles. The van der Waals surface area contributed by atoms with Crippen molar-refractivity contribution in [2.75, 3.05) is 7.05 Å². The predicted octanol–water partition coefficient (Wildman–Crippen LogP) is 3.61. The minimum Gasteiger partial charge on any atom is -0.389 e. The summed E-state index contributed by atoms with van der Waals surface area (Å²) in [4.78, 5) is 2.65. The molecule has 104 valence electrons. The monoisotopic (exact) mass is 304 g/mol. The summed E-state index contributed by atoms with van der Waals surface area (Å²) < 4.78 is 0. The van der Waals surface area contributed by atoms with Gasteiger partial charge in [0.1, 0.15) is 4.99 Å². The minimum atomic E-state index is 0.441. The zero-order valence-electron chi connectivity index (χ0n) is 11.3. The normalized spacial score (nSPS) is 10.8. The quantitative estimate of drug-likeness (QED) is 0.856. The molecule has 0 aliphatic heterocycles. The zero-order chi connectivity index (χ0) is 14.5. The second-order valence-corrected chi connectivity index (χ2v) is 5.70. The summed E-state index contributed by atoms with van der Waals surface area (Å²) in [5.74, 6) is 0. The van der Waals surface area contributed by atoms with E-state index in [4.69, 9.17) is 29.6 Å². The molecular weight excluding hydrogens is 288 g/mol. The fourth-order valence-corrected chi connectivity index (χ4v) is 2.60. The Labute approximate surface area is 130 Å². The molecular formula is C16H17ClN2S. The van der Waals surface area contributed by atoms with Gasteiger partial charge in [-0.15, -0.1) is 0 Å². The van der Waals surface area contributed by atoms with Crippen LogP contribution in [0.1, 0.15) is 16.7 Å². The highest BCUT2D eigenvalue weighted by molar-refractivity contribution is 7.80. The molecule has 2 rings (SSSR count). The van der Waals surface area contributed by atoms with Crippen molar-refractivity contribution in [3.05, 3.63) is 70.2 Å². The second kappa shape index (κ2) is 6.84. The summed E-state index contributed by atoms with van der Waals surface area (Å²) >= 11 is 11.1. The topological polar surface area (TPSA) is 29.3 Å². The first-order valence-corrected chi connectivity index (χ1v) is 7.15. The molecule has 0 unspecified atom stereocenters. The Balaban J connectivity index is 2.08. The van der Waals surface area contributed by atoms with Gasteiger partial charge < -0.3 is 5.73 Å². The van der Waals surface area contributed by atoms with Gasteiger partial charge in [0.25, 0.3) is 0 Å². The third-order valence-electron chi connectivity index (χ3n) is 3.06. The molecule has 4 heteroatoms. The highest BCUT2D eigenvalue weighted by Gasteiger charge is 2.08. The molecule has 0 amide bonds. The highest BCUT2D eigenvalue weighted by atomic mass is 35.5. The lowest BCUT2D eigenvalue weighted by atomic mass is 10.1. The fourth-order valence-electron chi connectivity index (χ4n) is 2.19. The molecule has 0 heterocycles. The van der Waals surface area contributed by atoms with E-state index < -0.39 is 0 Å². The maximum absolute atomic E-state index is 6.00. The molecule has 0 bridgehead atoms. The average molecular weight is 305 g/mol. The number of nitrogens with zero attached hydrogens (tertiary/aromatic N) is 1. The first-order chi connectivity index (χ1) is 9.56. The maximum Gasteiger partial charge on any atom is 0.104 e. The summed E-state index contributed by atoms with van der Waals surface area (Å²) in [6, 6.07) is 15.9. The van der Waals surface area contributed by atoms with Crippen molar-refractivity contribution >= 4 is 28.8 Å². The van der Waals surface area contributed by atoms with Crippen molar-refractivity contribution in [3.63, 3.8) is 0 Å². The molecule has 0 radical (unpaired) electrons. The van der Waals surface area contributed by atoms with Crippen LogP contribution in [-0.2, 0) is 13.1 Å². The van der Waals surface area contributed by atoms with Gasteiger partial charge in [0.2, 0.25) is 0 Å². The maximum atomic E-state index is 6.00.